The number of anilines is 2. The van der Waals surface area contributed by atoms with Crippen LogP contribution in [0.25, 0.3) is 10.6 Å². The van der Waals surface area contributed by atoms with Crippen molar-refractivity contribution < 1.29 is 20.1 Å². The van der Waals surface area contributed by atoms with Crippen LogP contribution < -0.4 is 10.6 Å². The molecule has 8 nitrogen and oxygen atoms in total. The van der Waals surface area contributed by atoms with E-state index in [1.807, 2.05) is 30.3 Å². The fourth-order valence-electron chi connectivity index (χ4n) is 3.14. The van der Waals surface area contributed by atoms with Gasteiger partial charge in [0, 0.05) is 24.0 Å². The van der Waals surface area contributed by atoms with Gasteiger partial charge in [-0.25, -0.2) is 9.97 Å². The molecule has 0 aliphatic rings. The molecule has 1 unspecified atom stereocenters. The molecule has 1 amide bonds. The summed E-state index contributed by atoms with van der Waals surface area (Å²) in [5.74, 6) is 0.117. The summed E-state index contributed by atoms with van der Waals surface area (Å²) >= 11 is 1.28. The molecule has 4 aromatic rings. The molecule has 0 saturated carbocycles. The third-order valence-electron chi connectivity index (χ3n) is 4.87. The Bertz CT molecular complexity index is 1290. The Morgan fingerprint density at radius 3 is 2.76 bits per heavy atom. The van der Waals surface area contributed by atoms with E-state index < -0.39 is 6.10 Å². The minimum absolute atomic E-state index is 0.0000310. The predicted octanol–water partition coefficient (Wildman–Crippen LogP) is 4.34. The largest absolute Gasteiger partial charge is 0.508 e. The van der Waals surface area contributed by atoms with Crippen molar-refractivity contribution in [2.75, 3.05) is 5.32 Å². The van der Waals surface area contributed by atoms with Gasteiger partial charge >= 0.3 is 0 Å². The molecule has 33 heavy (non-hydrogen) atoms. The molecule has 0 aliphatic carbocycles. The third-order valence-corrected chi connectivity index (χ3v) is 5.97. The van der Waals surface area contributed by atoms with Crippen molar-refractivity contribution >= 4 is 28.9 Å². The summed E-state index contributed by atoms with van der Waals surface area (Å²) in [6.07, 6.45) is 1.05. The van der Waals surface area contributed by atoms with Crippen LogP contribution in [0.15, 0.2) is 66.9 Å². The van der Waals surface area contributed by atoms with Crippen LogP contribution in [0.3, 0.4) is 0 Å². The molecule has 0 spiro atoms. The first kappa shape index (κ1) is 22.3. The van der Waals surface area contributed by atoms with Gasteiger partial charge in [-0.2, -0.15) is 0 Å². The number of phenolic OH excluding ortho intramolecular Hbond substituents is 2. The lowest BCUT2D eigenvalue weighted by Crippen LogP contribution is -2.21. The van der Waals surface area contributed by atoms with Crippen LogP contribution in [0.1, 0.15) is 33.8 Å². The van der Waals surface area contributed by atoms with Crippen molar-refractivity contribution in [3.63, 3.8) is 0 Å². The Labute approximate surface area is 194 Å². The number of aromatic hydroxyl groups is 2. The zero-order valence-electron chi connectivity index (χ0n) is 17.7. The molecule has 168 valence electrons. The van der Waals surface area contributed by atoms with E-state index in [-0.39, 0.29) is 24.0 Å². The summed E-state index contributed by atoms with van der Waals surface area (Å²) in [5.41, 5.74) is 2.62. The van der Waals surface area contributed by atoms with Gasteiger partial charge in [0.15, 0.2) is 0 Å². The maximum atomic E-state index is 12.5. The van der Waals surface area contributed by atoms with Crippen molar-refractivity contribution in [1.82, 2.24) is 15.3 Å². The van der Waals surface area contributed by atoms with Gasteiger partial charge in [0.05, 0.1) is 21.6 Å². The van der Waals surface area contributed by atoms with E-state index in [9.17, 15) is 20.1 Å². The van der Waals surface area contributed by atoms with E-state index in [2.05, 4.69) is 20.6 Å². The van der Waals surface area contributed by atoms with E-state index >= 15 is 0 Å². The number of phenols is 2. The van der Waals surface area contributed by atoms with Crippen LogP contribution in [0.2, 0.25) is 0 Å². The number of aliphatic hydroxyl groups is 1. The third kappa shape index (κ3) is 5.46. The van der Waals surface area contributed by atoms with E-state index in [0.717, 1.165) is 16.1 Å². The molecule has 5 N–H and O–H groups in total. The van der Waals surface area contributed by atoms with Gasteiger partial charge in [-0.15, -0.1) is 11.3 Å². The van der Waals surface area contributed by atoms with Gasteiger partial charge in [0.25, 0.3) is 5.91 Å². The van der Waals surface area contributed by atoms with Crippen LogP contribution in [-0.2, 0) is 6.54 Å². The first-order valence-electron chi connectivity index (χ1n) is 10.2. The SMILES string of the molecule is CC(O)c1cccc(Nc2nccc(-c3ccc(C(=O)NCc4cc(O)ccc4O)s3)n2)c1. The number of carbonyl (C=O) groups is 1. The lowest BCUT2D eigenvalue weighted by Gasteiger charge is -2.09. The molecule has 0 fully saturated rings. The summed E-state index contributed by atoms with van der Waals surface area (Å²) in [7, 11) is 0. The summed E-state index contributed by atoms with van der Waals surface area (Å²) in [4.78, 5) is 22.6. The van der Waals surface area contributed by atoms with Crippen LogP contribution >= 0.6 is 11.3 Å². The standard InChI is InChI=1S/C24H22N4O4S/c1-14(29)15-3-2-4-17(11-15)27-24-25-10-9-19(28-24)21-7-8-22(33-21)23(32)26-13-16-12-18(30)5-6-20(16)31/h2-12,14,29-31H,13H2,1H3,(H,26,32)(H,25,27,28). The summed E-state index contributed by atoms with van der Waals surface area (Å²) in [6.45, 7) is 1.78. The van der Waals surface area contributed by atoms with Crippen molar-refractivity contribution in [1.29, 1.82) is 0 Å². The molecule has 1 atom stereocenters. The first-order chi connectivity index (χ1) is 15.9. The van der Waals surface area contributed by atoms with Crippen molar-refractivity contribution in [2.45, 2.75) is 19.6 Å². The minimum atomic E-state index is -0.578. The quantitative estimate of drug-likeness (QED) is 0.258. The Morgan fingerprint density at radius 2 is 1.94 bits per heavy atom. The Kier molecular flexibility index (Phi) is 6.53. The maximum absolute atomic E-state index is 12.5. The second-order valence-electron chi connectivity index (χ2n) is 7.35. The van der Waals surface area contributed by atoms with Crippen LogP contribution in [0.5, 0.6) is 11.5 Å². The zero-order valence-corrected chi connectivity index (χ0v) is 18.5. The van der Waals surface area contributed by atoms with Gasteiger partial charge in [-0.1, -0.05) is 12.1 Å². The molecule has 2 aromatic carbocycles. The highest BCUT2D eigenvalue weighted by molar-refractivity contribution is 7.17. The molecule has 2 heterocycles. The average molecular weight is 463 g/mol. The van der Waals surface area contributed by atoms with Crippen LogP contribution in [0.4, 0.5) is 11.6 Å². The van der Waals surface area contributed by atoms with Crippen molar-refractivity contribution in [3.8, 4) is 22.1 Å². The minimum Gasteiger partial charge on any atom is -0.508 e. The lowest BCUT2D eigenvalue weighted by atomic mass is 10.1. The highest BCUT2D eigenvalue weighted by atomic mass is 32.1. The van der Waals surface area contributed by atoms with E-state index in [4.69, 9.17) is 0 Å². The number of aliphatic hydroxyl groups excluding tert-OH is 1. The predicted molar refractivity (Wildman–Crippen MR) is 127 cm³/mol. The number of aromatic nitrogens is 2. The summed E-state index contributed by atoms with van der Waals surface area (Å²) in [5, 5.41) is 35.1. The van der Waals surface area contributed by atoms with Gasteiger partial charge in [0.1, 0.15) is 11.5 Å². The number of amides is 1. The molecule has 0 saturated heterocycles. The Balaban J connectivity index is 1.45. The molecular weight excluding hydrogens is 440 g/mol. The topological polar surface area (TPSA) is 128 Å². The highest BCUT2D eigenvalue weighted by Crippen LogP contribution is 2.28. The van der Waals surface area contributed by atoms with Crippen LogP contribution in [0, 0.1) is 0 Å². The molecule has 2 aromatic heterocycles. The number of benzene rings is 2. The second-order valence-corrected chi connectivity index (χ2v) is 8.44. The zero-order chi connectivity index (χ0) is 23.4. The molecule has 9 heteroatoms. The van der Waals surface area contributed by atoms with Crippen molar-refractivity contribution in [3.05, 3.63) is 82.9 Å². The number of thiophene rings is 1. The molecule has 0 aliphatic heterocycles. The van der Waals surface area contributed by atoms with E-state index in [1.165, 1.54) is 29.5 Å². The van der Waals surface area contributed by atoms with Crippen molar-refractivity contribution in [2.24, 2.45) is 0 Å². The number of carbonyl (C=O) groups excluding carboxylic acids is 1. The highest BCUT2D eigenvalue weighted by Gasteiger charge is 2.13. The molecular formula is C24H22N4O4S. The molecule has 4 rings (SSSR count). The fraction of sp³-hybridized carbons (Fsp3) is 0.125. The smallest absolute Gasteiger partial charge is 0.261 e. The Hall–Kier alpha value is -3.95. The fourth-order valence-corrected chi connectivity index (χ4v) is 4.03. The number of rotatable bonds is 7. The van der Waals surface area contributed by atoms with Gasteiger partial charge in [0.2, 0.25) is 5.95 Å². The van der Waals surface area contributed by atoms with E-state index in [1.54, 1.807) is 25.3 Å². The van der Waals surface area contributed by atoms with E-state index in [0.29, 0.717) is 22.1 Å². The van der Waals surface area contributed by atoms with Gasteiger partial charge in [-0.3, -0.25) is 4.79 Å². The lowest BCUT2D eigenvalue weighted by molar-refractivity contribution is 0.0954. The summed E-state index contributed by atoms with van der Waals surface area (Å²) < 4.78 is 0. The maximum Gasteiger partial charge on any atom is 0.261 e. The average Bonchev–Trinajstić information content (AvgIpc) is 3.30. The monoisotopic (exact) mass is 462 g/mol. The number of nitrogens with zero attached hydrogens (tertiary/aromatic N) is 2. The molecule has 0 bridgehead atoms. The van der Waals surface area contributed by atoms with Gasteiger partial charge in [-0.05, 0) is 61.0 Å². The molecule has 0 radical (unpaired) electrons. The second kappa shape index (κ2) is 9.68. The first-order valence-corrected chi connectivity index (χ1v) is 11.0. The number of nitrogens with one attached hydrogen (secondary N) is 2. The normalized spacial score (nSPS) is 11.7. The number of hydrogen-bond donors (Lipinski definition) is 5. The van der Waals surface area contributed by atoms with Gasteiger partial charge < -0.3 is 26.0 Å². The Morgan fingerprint density at radius 1 is 1.09 bits per heavy atom. The van der Waals surface area contributed by atoms with Crippen LogP contribution in [-0.4, -0.2) is 31.2 Å². The number of hydrogen-bond acceptors (Lipinski definition) is 8. The summed E-state index contributed by atoms with van der Waals surface area (Å²) in [6, 6.07) is 16.8.